The fraction of sp³-hybridized carbons (Fsp3) is 0.444. The standard InChI is InChI=1S/C18H21ClFIN6O/c19-14-9-23-18(25-17(14)22-8-12-10-28-11-12)24-13-1-2-16(15(20)7-13)26-3-5-27(21)6-4-26/h1-2,7,9,12H,3-6,8,10-11H2,(H2,22,23,24,25). The molecule has 0 radical (unpaired) electrons. The summed E-state index contributed by atoms with van der Waals surface area (Å²) >= 11 is 8.47. The third-order valence-corrected chi connectivity index (χ3v) is 6.02. The first-order chi connectivity index (χ1) is 13.6. The van der Waals surface area contributed by atoms with E-state index in [0.717, 1.165) is 45.9 Å². The predicted molar refractivity (Wildman–Crippen MR) is 117 cm³/mol. The average Bonchev–Trinajstić information content (AvgIpc) is 2.64. The first-order valence-electron chi connectivity index (χ1n) is 9.15. The third kappa shape index (κ3) is 4.76. The molecule has 0 spiro atoms. The number of rotatable bonds is 6. The minimum absolute atomic E-state index is 0.260. The zero-order valence-corrected chi connectivity index (χ0v) is 18.1. The van der Waals surface area contributed by atoms with E-state index in [1.807, 2.05) is 6.07 Å². The quantitative estimate of drug-likeness (QED) is 0.448. The normalized spacial score (nSPS) is 18.0. The Balaban J connectivity index is 1.42. The van der Waals surface area contributed by atoms with Crippen LogP contribution in [0.5, 0.6) is 0 Å². The van der Waals surface area contributed by atoms with Crippen molar-refractivity contribution in [1.29, 1.82) is 0 Å². The van der Waals surface area contributed by atoms with Gasteiger partial charge in [-0.3, -0.25) is 0 Å². The van der Waals surface area contributed by atoms with Crippen LogP contribution in [0, 0.1) is 11.7 Å². The highest BCUT2D eigenvalue weighted by atomic mass is 127. The molecule has 2 aliphatic heterocycles. The molecule has 1 aromatic heterocycles. The molecule has 0 bridgehead atoms. The van der Waals surface area contributed by atoms with Crippen molar-refractivity contribution < 1.29 is 9.13 Å². The molecule has 2 aromatic rings. The highest BCUT2D eigenvalue weighted by Crippen LogP contribution is 2.27. The molecule has 2 aliphatic rings. The smallest absolute Gasteiger partial charge is 0.229 e. The molecular formula is C18H21ClFIN6O. The van der Waals surface area contributed by atoms with Crippen LogP contribution in [0.25, 0.3) is 0 Å². The molecule has 2 fully saturated rings. The van der Waals surface area contributed by atoms with Gasteiger partial charge in [-0.25, -0.2) is 12.5 Å². The highest BCUT2D eigenvalue weighted by molar-refractivity contribution is 14.1. The van der Waals surface area contributed by atoms with Gasteiger partial charge in [0.25, 0.3) is 0 Å². The molecule has 4 rings (SSSR count). The fourth-order valence-corrected chi connectivity index (χ4v) is 3.68. The van der Waals surface area contributed by atoms with Gasteiger partial charge in [0.05, 0.1) is 25.1 Å². The van der Waals surface area contributed by atoms with E-state index >= 15 is 0 Å². The lowest BCUT2D eigenvalue weighted by atomic mass is 10.1. The average molecular weight is 519 g/mol. The number of anilines is 4. The third-order valence-electron chi connectivity index (χ3n) is 4.78. The molecular weight excluding hydrogens is 498 g/mol. The SMILES string of the molecule is Fc1cc(Nc2ncc(Cl)c(NCC3COC3)n2)ccc1N1CCN(I)CC1. The van der Waals surface area contributed by atoms with Crippen molar-refractivity contribution in [1.82, 2.24) is 13.1 Å². The van der Waals surface area contributed by atoms with Crippen LogP contribution < -0.4 is 15.5 Å². The Hall–Kier alpha value is -1.43. The molecule has 3 heterocycles. The number of benzene rings is 1. The van der Waals surface area contributed by atoms with Gasteiger partial charge in [0.15, 0.2) is 5.82 Å². The summed E-state index contributed by atoms with van der Waals surface area (Å²) in [6.45, 7) is 5.70. The van der Waals surface area contributed by atoms with Crippen molar-refractivity contribution in [3.8, 4) is 0 Å². The Morgan fingerprint density at radius 3 is 2.71 bits per heavy atom. The van der Waals surface area contributed by atoms with Crippen LogP contribution in [0.1, 0.15) is 0 Å². The minimum atomic E-state index is -0.260. The van der Waals surface area contributed by atoms with Crippen LogP contribution >= 0.6 is 34.5 Å². The Morgan fingerprint density at radius 1 is 1.25 bits per heavy atom. The fourth-order valence-electron chi connectivity index (χ4n) is 3.09. The second kappa shape index (κ2) is 8.93. The van der Waals surface area contributed by atoms with Crippen molar-refractivity contribution in [2.24, 2.45) is 5.92 Å². The molecule has 1 aromatic carbocycles. The van der Waals surface area contributed by atoms with Crippen LogP contribution in [0.4, 0.5) is 27.5 Å². The van der Waals surface area contributed by atoms with E-state index in [2.05, 4.69) is 51.5 Å². The van der Waals surface area contributed by atoms with Gasteiger partial charge >= 0.3 is 0 Å². The van der Waals surface area contributed by atoms with E-state index in [4.69, 9.17) is 16.3 Å². The van der Waals surface area contributed by atoms with Gasteiger partial charge in [-0.05, 0) is 18.2 Å². The maximum Gasteiger partial charge on any atom is 0.229 e. The van der Waals surface area contributed by atoms with Gasteiger partial charge in [0, 0.05) is 67.2 Å². The molecule has 28 heavy (non-hydrogen) atoms. The number of hydrogen-bond acceptors (Lipinski definition) is 7. The molecule has 0 saturated carbocycles. The number of halogens is 3. The summed E-state index contributed by atoms with van der Waals surface area (Å²) < 4.78 is 22.0. The monoisotopic (exact) mass is 518 g/mol. The van der Waals surface area contributed by atoms with Crippen molar-refractivity contribution in [2.45, 2.75) is 0 Å². The summed E-state index contributed by atoms with van der Waals surface area (Å²) in [5, 5.41) is 6.72. The minimum Gasteiger partial charge on any atom is -0.381 e. The number of hydrogen-bond donors (Lipinski definition) is 2. The van der Waals surface area contributed by atoms with Crippen molar-refractivity contribution in [3.05, 3.63) is 35.2 Å². The van der Waals surface area contributed by atoms with Crippen LogP contribution in [-0.2, 0) is 4.74 Å². The van der Waals surface area contributed by atoms with Crippen molar-refractivity contribution in [2.75, 3.05) is 61.5 Å². The molecule has 0 aliphatic carbocycles. The van der Waals surface area contributed by atoms with Gasteiger partial charge in [-0.2, -0.15) is 4.98 Å². The summed E-state index contributed by atoms with van der Waals surface area (Å²) in [6.07, 6.45) is 1.53. The number of piperazine rings is 1. The van der Waals surface area contributed by atoms with Crippen molar-refractivity contribution >= 4 is 57.6 Å². The van der Waals surface area contributed by atoms with Gasteiger partial charge in [-0.1, -0.05) is 11.6 Å². The van der Waals surface area contributed by atoms with E-state index in [9.17, 15) is 4.39 Å². The Morgan fingerprint density at radius 2 is 2.04 bits per heavy atom. The number of aromatic nitrogens is 2. The molecule has 2 N–H and O–H groups in total. The Labute approximate surface area is 182 Å². The van der Waals surface area contributed by atoms with Gasteiger partial charge in [0.1, 0.15) is 10.8 Å². The number of nitrogens with one attached hydrogen (secondary N) is 2. The summed E-state index contributed by atoms with van der Waals surface area (Å²) in [5.74, 6) is 1.13. The van der Waals surface area contributed by atoms with E-state index in [1.54, 1.807) is 6.07 Å². The van der Waals surface area contributed by atoms with Crippen LogP contribution in [-0.4, -0.2) is 59.0 Å². The van der Waals surface area contributed by atoms with Crippen LogP contribution in [0.3, 0.4) is 0 Å². The largest absolute Gasteiger partial charge is 0.381 e. The summed E-state index contributed by atoms with van der Waals surface area (Å²) in [7, 11) is 0. The summed E-state index contributed by atoms with van der Waals surface area (Å²) in [6, 6.07) is 5.11. The predicted octanol–water partition coefficient (Wildman–Crippen LogP) is 3.54. The van der Waals surface area contributed by atoms with Gasteiger partial charge in [-0.15, -0.1) is 0 Å². The second-order valence-corrected chi connectivity index (χ2v) is 8.63. The van der Waals surface area contributed by atoms with E-state index in [-0.39, 0.29) is 5.82 Å². The van der Waals surface area contributed by atoms with E-state index < -0.39 is 0 Å². The highest BCUT2D eigenvalue weighted by Gasteiger charge is 2.20. The zero-order valence-electron chi connectivity index (χ0n) is 15.2. The second-order valence-electron chi connectivity index (χ2n) is 6.86. The zero-order chi connectivity index (χ0) is 19.5. The summed E-state index contributed by atoms with van der Waals surface area (Å²) in [4.78, 5) is 10.7. The lowest BCUT2D eigenvalue weighted by Gasteiger charge is -2.33. The van der Waals surface area contributed by atoms with Crippen molar-refractivity contribution in [3.63, 3.8) is 0 Å². The van der Waals surface area contributed by atoms with Gasteiger partial charge < -0.3 is 20.3 Å². The molecule has 7 nitrogen and oxygen atoms in total. The lowest BCUT2D eigenvalue weighted by Crippen LogP contribution is -2.42. The maximum atomic E-state index is 14.6. The molecule has 0 atom stereocenters. The number of ether oxygens (including phenoxy) is 1. The van der Waals surface area contributed by atoms with E-state index in [0.29, 0.717) is 34.1 Å². The molecule has 0 unspecified atom stereocenters. The van der Waals surface area contributed by atoms with Crippen LogP contribution in [0.2, 0.25) is 5.02 Å². The first kappa shape index (κ1) is 19.9. The Bertz CT molecular complexity index is 832. The Kier molecular flexibility index (Phi) is 6.34. The molecule has 2 saturated heterocycles. The number of nitrogens with zero attached hydrogens (tertiary/aromatic N) is 4. The maximum absolute atomic E-state index is 14.6. The lowest BCUT2D eigenvalue weighted by molar-refractivity contribution is -0.0248. The van der Waals surface area contributed by atoms with Crippen LogP contribution in [0.15, 0.2) is 24.4 Å². The van der Waals surface area contributed by atoms with Gasteiger partial charge in [0.2, 0.25) is 5.95 Å². The van der Waals surface area contributed by atoms with E-state index in [1.165, 1.54) is 12.3 Å². The molecule has 0 amide bonds. The molecule has 10 heteroatoms. The molecule has 150 valence electrons. The first-order valence-corrected chi connectivity index (χ1v) is 10.5. The summed E-state index contributed by atoms with van der Waals surface area (Å²) in [5.41, 5.74) is 1.21. The topological polar surface area (TPSA) is 65.6 Å².